The molecule has 2 N–H and O–H groups in total. The Morgan fingerprint density at radius 1 is 1.07 bits per heavy atom. The van der Waals surface area contributed by atoms with Gasteiger partial charge in [0.05, 0.1) is 12.1 Å². The van der Waals surface area contributed by atoms with Gasteiger partial charge in [-0.3, -0.25) is 14.9 Å². The molecule has 3 aromatic rings. The molecule has 0 saturated heterocycles. The summed E-state index contributed by atoms with van der Waals surface area (Å²) in [5.41, 5.74) is 2.48. The van der Waals surface area contributed by atoms with Crippen LogP contribution in [0.25, 0.3) is 0 Å². The normalized spacial score (nSPS) is 10.6. The van der Waals surface area contributed by atoms with Crippen LogP contribution in [0.1, 0.15) is 41.6 Å². The number of carbonyl (C=O) groups excluding carboxylic acids is 2. The van der Waals surface area contributed by atoms with Gasteiger partial charge in [0, 0.05) is 23.5 Å². The van der Waals surface area contributed by atoms with Crippen LogP contribution < -0.4 is 10.6 Å². The third-order valence-corrected chi connectivity index (χ3v) is 4.55. The maximum absolute atomic E-state index is 12.4. The van der Waals surface area contributed by atoms with Gasteiger partial charge in [-0.25, -0.2) is 15.0 Å². The van der Waals surface area contributed by atoms with Crippen LogP contribution in [0.3, 0.4) is 0 Å². The number of rotatable bonds is 6. The molecule has 0 bridgehead atoms. The molecule has 0 unspecified atom stereocenters. The van der Waals surface area contributed by atoms with Crippen LogP contribution in [0.2, 0.25) is 0 Å². The summed E-state index contributed by atoms with van der Waals surface area (Å²) in [4.78, 5) is 36.5. The molecule has 7 nitrogen and oxygen atoms in total. The summed E-state index contributed by atoms with van der Waals surface area (Å²) in [5, 5.41) is 7.72. The molecule has 27 heavy (non-hydrogen) atoms. The smallest absolute Gasteiger partial charge is 0.295 e. The highest BCUT2D eigenvalue weighted by Gasteiger charge is 2.14. The quantitative estimate of drug-likeness (QED) is 0.681. The molecular formula is C19H19N5O2S. The monoisotopic (exact) mass is 381 g/mol. The molecule has 0 saturated carbocycles. The first-order valence-electron chi connectivity index (χ1n) is 8.44. The molecule has 3 rings (SSSR count). The lowest BCUT2D eigenvalue weighted by atomic mass is 10.0. The van der Waals surface area contributed by atoms with Crippen molar-refractivity contribution in [1.82, 2.24) is 15.0 Å². The predicted octanol–water partition coefficient (Wildman–Crippen LogP) is 3.49. The van der Waals surface area contributed by atoms with Gasteiger partial charge >= 0.3 is 0 Å². The Morgan fingerprint density at radius 3 is 2.56 bits per heavy atom. The van der Waals surface area contributed by atoms with Crippen molar-refractivity contribution in [2.45, 2.75) is 26.2 Å². The van der Waals surface area contributed by atoms with Gasteiger partial charge in [0.2, 0.25) is 11.7 Å². The van der Waals surface area contributed by atoms with Crippen LogP contribution >= 0.6 is 11.3 Å². The number of benzene rings is 1. The number of amides is 2. The summed E-state index contributed by atoms with van der Waals surface area (Å²) in [6, 6.07) is 9.37. The lowest BCUT2D eigenvalue weighted by molar-refractivity contribution is -0.115. The predicted molar refractivity (Wildman–Crippen MR) is 105 cm³/mol. The van der Waals surface area contributed by atoms with Crippen molar-refractivity contribution in [1.29, 1.82) is 0 Å². The van der Waals surface area contributed by atoms with Crippen molar-refractivity contribution in [3.8, 4) is 0 Å². The van der Waals surface area contributed by atoms with Crippen LogP contribution in [0, 0.1) is 0 Å². The van der Waals surface area contributed by atoms with Gasteiger partial charge in [-0.05, 0) is 23.6 Å². The third-order valence-electron chi connectivity index (χ3n) is 3.74. The Labute approximate surface area is 160 Å². The molecule has 2 aromatic heterocycles. The fraction of sp³-hybridized carbons (Fsp3) is 0.211. The zero-order valence-electron chi connectivity index (χ0n) is 15.0. The number of carbonyl (C=O) groups is 2. The number of nitrogens with one attached hydrogen (secondary N) is 2. The Kier molecular flexibility index (Phi) is 5.87. The minimum absolute atomic E-state index is 0.0669. The van der Waals surface area contributed by atoms with E-state index in [1.54, 1.807) is 11.4 Å². The van der Waals surface area contributed by atoms with E-state index < -0.39 is 5.91 Å². The van der Waals surface area contributed by atoms with E-state index in [1.807, 2.05) is 24.3 Å². The Balaban J connectivity index is 1.61. The molecule has 0 fully saturated rings. The number of nitrogens with zero attached hydrogens (tertiary/aromatic N) is 3. The Morgan fingerprint density at radius 2 is 1.81 bits per heavy atom. The van der Waals surface area contributed by atoms with E-state index >= 15 is 0 Å². The van der Waals surface area contributed by atoms with E-state index in [0.29, 0.717) is 16.7 Å². The standard InChI is InChI=1S/C19H19N5O2S/c1-12(2)14-6-3-4-7-15(14)23-16(25)10-13-11-27-19(22-13)24-18(26)17-20-8-5-9-21-17/h3-9,11-12H,10H2,1-2H3,(H,23,25)(H,22,24,26). The van der Waals surface area contributed by atoms with E-state index in [0.717, 1.165) is 11.3 Å². The van der Waals surface area contributed by atoms with Crippen LogP contribution in [0.4, 0.5) is 10.8 Å². The van der Waals surface area contributed by atoms with Crippen molar-refractivity contribution in [3.63, 3.8) is 0 Å². The summed E-state index contributed by atoms with van der Waals surface area (Å²) in [6.45, 7) is 4.16. The summed E-state index contributed by atoms with van der Waals surface area (Å²) in [5.74, 6) is -0.218. The average Bonchev–Trinajstić information content (AvgIpc) is 3.09. The maximum atomic E-state index is 12.4. The first-order chi connectivity index (χ1) is 13.0. The summed E-state index contributed by atoms with van der Waals surface area (Å²) in [7, 11) is 0. The topological polar surface area (TPSA) is 96.9 Å². The number of aromatic nitrogens is 3. The van der Waals surface area contributed by atoms with Gasteiger partial charge in [0.1, 0.15) is 0 Å². The van der Waals surface area contributed by atoms with Crippen molar-refractivity contribution in [2.75, 3.05) is 10.6 Å². The van der Waals surface area contributed by atoms with Crippen molar-refractivity contribution in [3.05, 3.63) is 65.2 Å². The highest BCUT2D eigenvalue weighted by molar-refractivity contribution is 7.14. The Bertz CT molecular complexity index is 940. The number of hydrogen-bond acceptors (Lipinski definition) is 6. The zero-order valence-corrected chi connectivity index (χ0v) is 15.8. The van der Waals surface area contributed by atoms with E-state index in [4.69, 9.17) is 0 Å². The van der Waals surface area contributed by atoms with Crippen molar-refractivity contribution < 1.29 is 9.59 Å². The molecule has 0 aliphatic carbocycles. The second kappa shape index (κ2) is 8.50. The third kappa shape index (κ3) is 4.95. The molecule has 0 atom stereocenters. The summed E-state index contributed by atoms with van der Waals surface area (Å²) in [6.07, 6.45) is 3.11. The molecule has 2 heterocycles. The van der Waals surface area contributed by atoms with Crippen molar-refractivity contribution >= 4 is 34.0 Å². The number of anilines is 2. The van der Waals surface area contributed by atoms with Gasteiger partial charge in [-0.15, -0.1) is 11.3 Å². The molecule has 138 valence electrons. The minimum atomic E-state index is -0.438. The Hall–Kier alpha value is -3.13. The van der Waals surface area contributed by atoms with Crippen molar-refractivity contribution in [2.24, 2.45) is 0 Å². The maximum Gasteiger partial charge on any atom is 0.295 e. The highest BCUT2D eigenvalue weighted by atomic mass is 32.1. The first kappa shape index (κ1) is 18.7. The lowest BCUT2D eigenvalue weighted by Crippen LogP contribution is -2.17. The van der Waals surface area contributed by atoms with Crippen LogP contribution in [-0.2, 0) is 11.2 Å². The molecule has 0 spiro atoms. The number of para-hydroxylation sites is 1. The zero-order chi connectivity index (χ0) is 19.2. The minimum Gasteiger partial charge on any atom is -0.325 e. The molecule has 2 amide bonds. The van der Waals surface area contributed by atoms with Crippen LogP contribution in [0.5, 0.6) is 0 Å². The molecule has 0 radical (unpaired) electrons. The molecule has 0 aliphatic rings. The molecular weight excluding hydrogens is 362 g/mol. The lowest BCUT2D eigenvalue weighted by Gasteiger charge is -2.13. The number of thiazole rings is 1. The van der Waals surface area contributed by atoms with E-state index in [9.17, 15) is 9.59 Å². The summed E-state index contributed by atoms with van der Waals surface area (Å²) < 4.78 is 0. The summed E-state index contributed by atoms with van der Waals surface area (Å²) >= 11 is 1.25. The molecule has 0 aliphatic heterocycles. The van der Waals surface area contributed by atoms with Gasteiger partial charge in [0.15, 0.2) is 5.13 Å². The molecule has 8 heteroatoms. The average molecular weight is 381 g/mol. The largest absolute Gasteiger partial charge is 0.325 e. The number of hydrogen-bond donors (Lipinski definition) is 2. The fourth-order valence-electron chi connectivity index (χ4n) is 2.49. The highest BCUT2D eigenvalue weighted by Crippen LogP contribution is 2.24. The van der Waals surface area contributed by atoms with E-state index in [1.165, 1.54) is 23.7 Å². The van der Waals surface area contributed by atoms with Crippen LogP contribution in [0.15, 0.2) is 48.1 Å². The van der Waals surface area contributed by atoms with E-state index in [2.05, 4.69) is 39.4 Å². The second-order valence-corrected chi connectivity index (χ2v) is 7.00. The van der Waals surface area contributed by atoms with Gasteiger partial charge in [-0.1, -0.05) is 32.0 Å². The van der Waals surface area contributed by atoms with Gasteiger partial charge < -0.3 is 5.32 Å². The SMILES string of the molecule is CC(C)c1ccccc1NC(=O)Cc1csc(NC(=O)c2ncccn2)n1. The first-order valence-corrected chi connectivity index (χ1v) is 9.32. The van der Waals surface area contributed by atoms with Crippen LogP contribution in [-0.4, -0.2) is 26.8 Å². The molecule has 1 aromatic carbocycles. The van der Waals surface area contributed by atoms with Gasteiger partial charge in [-0.2, -0.15) is 0 Å². The van der Waals surface area contributed by atoms with E-state index in [-0.39, 0.29) is 18.2 Å². The van der Waals surface area contributed by atoms with Gasteiger partial charge in [0.25, 0.3) is 5.91 Å². The fourth-order valence-corrected chi connectivity index (χ4v) is 3.19. The second-order valence-electron chi connectivity index (χ2n) is 6.14.